The van der Waals surface area contributed by atoms with Gasteiger partial charge in [0.1, 0.15) is 18.9 Å². The van der Waals surface area contributed by atoms with Crippen LogP contribution < -0.4 is 4.74 Å². The Bertz CT molecular complexity index is 1160. The Hall–Kier alpha value is -3.16. The van der Waals surface area contributed by atoms with Gasteiger partial charge in [0.2, 0.25) is 5.91 Å². The summed E-state index contributed by atoms with van der Waals surface area (Å²) in [7, 11) is 1.64. The molecule has 1 aromatic heterocycles. The van der Waals surface area contributed by atoms with Crippen LogP contribution in [0.4, 0.5) is 0 Å². The molecule has 6 nitrogen and oxygen atoms in total. The number of rotatable bonds is 11. The molecule has 0 N–H and O–H groups in total. The van der Waals surface area contributed by atoms with Crippen molar-refractivity contribution in [1.29, 1.82) is 0 Å². The minimum Gasteiger partial charge on any atom is -0.491 e. The fourth-order valence-corrected chi connectivity index (χ4v) is 5.60. The van der Waals surface area contributed by atoms with E-state index in [9.17, 15) is 9.59 Å². The number of methoxy groups -OCH3 is 1. The summed E-state index contributed by atoms with van der Waals surface area (Å²) in [6.45, 7) is 6.32. The molecule has 0 bridgehead atoms. The summed E-state index contributed by atoms with van der Waals surface area (Å²) >= 11 is 1.73. The average molecular weight is 521 g/mol. The Balaban J connectivity index is 1.50. The van der Waals surface area contributed by atoms with Crippen molar-refractivity contribution in [2.75, 3.05) is 40.0 Å². The maximum absolute atomic E-state index is 13.7. The molecule has 0 spiro atoms. The molecule has 0 aliphatic carbocycles. The Morgan fingerprint density at radius 3 is 2.54 bits per heavy atom. The predicted octanol–water partition coefficient (Wildman–Crippen LogP) is 5.56. The zero-order valence-electron chi connectivity index (χ0n) is 21.9. The molecule has 1 aliphatic rings. The number of nitrogens with zero attached hydrogens (tertiary/aromatic N) is 2. The molecule has 0 saturated carbocycles. The zero-order chi connectivity index (χ0) is 26.2. The largest absolute Gasteiger partial charge is 0.491 e. The maximum atomic E-state index is 13.7. The van der Waals surface area contributed by atoms with E-state index in [2.05, 4.69) is 37.4 Å². The number of amides is 2. The molecule has 37 heavy (non-hydrogen) atoms. The van der Waals surface area contributed by atoms with E-state index in [4.69, 9.17) is 9.47 Å². The third-order valence-electron chi connectivity index (χ3n) is 6.78. The number of hydrogen-bond acceptors (Lipinski definition) is 5. The number of carbonyl (C=O) groups excluding carboxylic acids is 2. The Morgan fingerprint density at radius 2 is 1.84 bits per heavy atom. The van der Waals surface area contributed by atoms with Gasteiger partial charge in [0.15, 0.2) is 0 Å². The van der Waals surface area contributed by atoms with Crippen molar-refractivity contribution in [3.63, 3.8) is 0 Å². The van der Waals surface area contributed by atoms with Crippen molar-refractivity contribution in [3.05, 3.63) is 87.6 Å². The molecular formula is C30H36N2O4S. The topological polar surface area (TPSA) is 59.1 Å². The molecular weight excluding hydrogens is 484 g/mol. The number of ether oxygens (including phenoxy) is 2. The van der Waals surface area contributed by atoms with Crippen molar-refractivity contribution >= 4 is 23.2 Å². The third-order valence-corrected chi connectivity index (χ3v) is 7.78. The van der Waals surface area contributed by atoms with E-state index in [1.54, 1.807) is 35.5 Å². The third kappa shape index (κ3) is 6.79. The van der Waals surface area contributed by atoms with Crippen molar-refractivity contribution < 1.29 is 19.1 Å². The van der Waals surface area contributed by atoms with Crippen LogP contribution in [0.15, 0.2) is 66.0 Å². The molecule has 1 atom stereocenters. The van der Waals surface area contributed by atoms with Crippen molar-refractivity contribution in [1.82, 2.24) is 9.80 Å². The number of fused-ring (bicyclic) bond motifs is 1. The van der Waals surface area contributed by atoms with Gasteiger partial charge in [-0.3, -0.25) is 9.59 Å². The lowest BCUT2D eigenvalue weighted by molar-refractivity contribution is -0.135. The van der Waals surface area contributed by atoms with E-state index in [-0.39, 0.29) is 24.4 Å². The molecule has 0 saturated heterocycles. The maximum Gasteiger partial charge on any atom is 0.254 e. The second-order valence-electron chi connectivity index (χ2n) is 9.63. The molecule has 4 rings (SSSR count). The molecule has 7 heteroatoms. The van der Waals surface area contributed by atoms with Crippen LogP contribution in [0, 0.1) is 0 Å². The van der Waals surface area contributed by atoms with Gasteiger partial charge in [-0.25, -0.2) is 0 Å². The highest BCUT2D eigenvalue weighted by molar-refractivity contribution is 7.10. The van der Waals surface area contributed by atoms with Gasteiger partial charge in [-0.2, -0.15) is 0 Å². The van der Waals surface area contributed by atoms with E-state index in [1.807, 2.05) is 35.2 Å². The van der Waals surface area contributed by atoms with Gasteiger partial charge in [-0.15, -0.1) is 11.3 Å². The SMILES string of the molecule is COCCCN(CC(=O)N1CCc2sccc2[C@@H]1COc1ccc(C(C)C)cc1)C(=O)c1ccccc1. The highest BCUT2D eigenvalue weighted by Crippen LogP contribution is 2.34. The lowest BCUT2D eigenvalue weighted by atomic mass is 10.00. The Labute approximate surface area is 223 Å². The standard InChI is InChI=1S/C30H36N2O4S/c1-22(2)23-10-12-25(13-11-23)36-21-27-26-15-19-37-28(26)14-17-32(27)29(33)20-31(16-7-18-35-3)30(34)24-8-5-4-6-9-24/h4-6,8-13,15,19,22,27H,7,14,16-18,20-21H2,1-3H3/t27-/m0/s1. The number of hydrogen-bond donors (Lipinski definition) is 0. The average Bonchev–Trinajstić information content (AvgIpc) is 3.41. The summed E-state index contributed by atoms with van der Waals surface area (Å²) in [4.78, 5) is 31.8. The van der Waals surface area contributed by atoms with Gasteiger partial charge >= 0.3 is 0 Å². The normalized spacial score (nSPS) is 14.9. The molecule has 0 fully saturated rings. The molecule has 2 aromatic carbocycles. The van der Waals surface area contributed by atoms with Crippen LogP contribution in [0.25, 0.3) is 0 Å². The summed E-state index contributed by atoms with van der Waals surface area (Å²) in [5.74, 6) is 1.04. The first kappa shape index (κ1) is 26.9. The summed E-state index contributed by atoms with van der Waals surface area (Å²) in [6, 6.07) is 19.2. The lowest BCUT2D eigenvalue weighted by Crippen LogP contribution is -2.48. The molecule has 1 aliphatic heterocycles. The predicted molar refractivity (Wildman–Crippen MR) is 147 cm³/mol. The lowest BCUT2D eigenvalue weighted by Gasteiger charge is -2.37. The monoisotopic (exact) mass is 520 g/mol. The fraction of sp³-hybridized carbons (Fsp3) is 0.400. The zero-order valence-corrected chi connectivity index (χ0v) is 22.7. The molecule has 0 unspecified atom stereocenters. The quantitative estimate of drug-likeness (QED) is 0.311. The molecule has 2 amide bonds. The van der Waals surface area contributed by atoms with Crippen LogP contribution in [-0.4, -0.2) is 61.6 Å². The first-order valence-electron chi connectivity index (χ1n) is 12.9. The summed E-state index contributed by atoms with van der Waals surface area (Å²) < 4.78 is 11.4. The van der Waals surface area contributed by atoms with Gasteiger partial charge < -0.3 is 19.3 Å². The second-order valence-corrected chi connectivity index (χ2v) is 10.6. The minimum atomic E-state index is -0.195. The molecule has 0 radical (unpaired) electrons. The van der Waals surface area contributed by atoms with Gasteiger partial charge in [-0.1, -0.05) is 44.2 Å². The van der Waals surface area contributed by atoms with Crippen LogP contribution in [0.1, 0.15) is 58.6 Å². The highest BCUT2D eigenvalue weighted by atomic mass is 32.1. The second kappa shape index (κ2) is 12.9. The van der Waals surface area contributed by atoms with Crippen molar-refractivity contribution in [2.24, 2.45) is 0 Å². The highest BCUT2D eigenvalue weighted by Gasteiger charge is 2.33. The van der Waals surface area contributed by atoms with Gasteiger partial charge in [0.25, 0.3) is 5.91 Å². The molecule has 196 valence electrons. The summed E-state index contributed by atoms with van der Waals surface area (Å²) in [5.41, 5.74) is 2.98. The first-order valence-corrected chi connectivity index (χ1v) is 13.8. The molecule has 3 aromatic rings. The van der Waals surface area contributed by atoms with E-state index in [0.29, 0.717) is 44.2 Å². The smallest absolute Gasteiger partial charge is 0.254 e. The fourth-order valence-electron chi connectivity index (χ4n) is 4.67. The van der Waals surface area contributed by atoms with Crippen LogP contribution in [0.5, 0.6) is 5.75 Å². The molecule has 2 heterocycles. The summed E-state index contributed by atoms with van der Waals surface area (Å²) in [5, 5.41) is 2.08. The number of carbonyl (C=O) groups is 2. The Morgan fingerprint density at radius 1 is 1.08 bits per heavy atom. The van der Waals surface area contributed by atoms with E-state index in [1.165, 1.54) is 10.4 Å². The number of benzene rings is 2. The van der Waals surface area contributed by atoms with E-state index in [0.717, 1.165) is 17.7 Å². The van der Waals surface area contributed by atoms with Gasteiger partial charge in [-0.05, 0) is 65.6 Å². The first-order chi connectivity index (χ1) is 18.0. The Kier molecular flexibility index (Phi) is 9.36. The van der Waals surface area contributed by atoms with Gasteiger partial charge in [0, 0.05) is 37.2 Å². The van der Waals surface area contributed by atoms with Crippen molar-refractivity contribution in [2.45, 2.75) is 38.6 Å². The summed E-state index contributed by atoms with van der Waals surface area (Å²) in [6.07, 6.45) is 1.48. The minimum absolute atomic E-state index is 0.0243. The van der Waals surface area contributed by atoms with Crippen LogP contribution >= 0.6 is 11.3 Å². The van der Waals surface area contributed by atoms with Gasteiger partial charge in [0.05, 0.1) is 6.04 Å². The van der Waals surface area contributed by atoms with Crippen LogP contribution in [0.3, 0.4) is 0 Å². The van der Waals surface area contributed by atoms with Crippen LogP contribution in [-0.2, 0) is 16.0 Å². The van der Waals surface area contributed by atoms with Crippen LogP contribution in [0.2, 0.25) is 0 Å². The van der Waals surface area contributed by atoms with E-state index < -0.39 is 0 Å². The van der Waals surface area contributed by atoms with Crippen molar-refractivity contribution in [3.8, 4) is 5.75 Å². The number of thiophene rings is 1. The van der Waals surface area contributed by atoms with E-state index >= 15 is 0 Å².